The fourth-order valence-electron chi connectivity index (χ4n) is 1.11. The van der Waals surface area contributed by atoms with E-state index in [2.05, 4.69) is 5.32 Å². The van der Waals surface area contributed by atoms with Gasteiger partial charge >= 0.3 is 0 Å². The molecule has 0 unspecified atom stereocenters. The minimum Gasteiger partial charge on any atom is -0.359 e. The normalized spacial score (nSPS) is 10.0. The molecule has 0 bridgehead atoms. The number of hydrogen-bond donors (Lipinski definition) is 2. The van der Waals surface area contributed by atoms with Gasteiger partial charge in [0.1, 0.15) is 0 Å². The number of carbonyl (C=O) groups is 1. The van der Waals surface area contributed by atoms with E-state index in [4.69, 9.17) is 5.73 Å². The van der Waals surface area contributed by atoms with E-state index in [1.54, 1.807) is 18.8 Å². The topological polar surface area (TPSA) is 55.1 Å². The van der Waals surface area contributed by atoms with Gasteiger partial charge in [-0.2, -0.15) is 0 Å². The molecule has 15 heavy (non-hydrogen) atoms. The molecule has 0 aromatic heterocycles. The number of carbonyl (C=O) groups excluding carboxylic acids is 1. The molecule has 0 aliphatic carbocycles. The summed E-state index contributed by atoms with van der Waals surface area (Å²) in [6.07, 6.45) is 0.555. The van der Waals surface area contributed by atoms with E-state index in [1.165, 1.54) is 4.90 Å². The number of thioether (sulfide) groups is 1. The Kier molecular flexibility index (Phi) is 5.21. The van der Waals surface area contributed by atoms with Gasteiger partial charge in [-0.05, 0) is 17.7 Å². The van der Waals surface area contributed by atoms with Gasteiger partial charge < -0.3 is 11.1 Å². The molecule has 0 aliphatic heterocycles. The molecule has 3 nitrogen and oxygen atoms in total. The fraction of sp³-hybridized carbons (Fsp3) is 0.364. The smallest absolute Gasteiger partial charge is 0.220 e. The Hall–Kier alpha value is -1.00. The first-order chi connectivity index (χ1) is 7.26. The highest BCUT2D eigenvalue weighted by molar-refractivity contribution is 7.99. The van der Waals surface area contributed by atoms with E-state index in [0.717, 1.165) is 11.3 Å². The summed E-state index contributed by atoms with van der Waals surface area (Å²) in [6.45, 7) is 0.573. The molecule has 0 atom stereocenters. The van der Waals surface area contributed by atoms with Gasteiger partial charge in [-0.25, -0.2) is 0 Å². The van der Waals surface area contributed by atoms with Crippen LogP contribution in [0.3, 0.4) is 0 Å². The van der Waals surface area contributed by atoms with Crippen LogP contribution in [-0.2, 0) is 11.3 Å². The lowest BCUT2D eigenvalue weighted by atomic mass is 10.2. The van der Waals surface area contributed by atoms with Crippen molar-refractivity contribution in [2.24, 2.45) is 5.73 Å². The fourth-order valence-corrected chi connectivity index (χ4v) is 1.96. The second-order valence-corrected chi connectivity index (χ2v) is 4.29. The molecule has 0 spiro atoms. The molecule has 0 saturated carbocycles. The number of amides is 1. The Morgan fingerprint density at radius 1 is 1.40 bits per heavy atom. The summed E-state index contributed by atoms with van der Waals surface area (Å²) in [4.78, 5) is 12.1. The van der Waals surface area contributed by atoms with Crippen LogP contribution in [-0.4, -0.2) is 18.7 Å². The van der Waals surface area contributed by atoms with Crippen LogP contribution in [0.5, 0.6) is 0 Å². The zero-order valence-electron chi connectivity index (χ0n) is 8.82. The van der Waals surface area contributed by atoms with Gasteiger partial charge in [-0.1, -0.05) is 12.1 Å². The van der Waals surface area contributed by atoms with Crippen molar-refractivity contribution in [3.8, 4) is 0 Å². The molecule has 0 heterocycles. The number of benzene rings is 1. The second kappa shape index (κ2) is 6.48. The Morgan fingerprint density at radius 3 is 2.60 bits per heavy atom. The maximum atomic E-state index is 11.0. The summed E-state index contributed by atoms with van der Waals surface area (Å²) in [5.41, 5.74) is 6.63. The number of hydrogen-bond acceptors (Lipinski definition) is 3. The quantitative estimate of drug-likeness (QED) is 0.743. The molecule has 1 amide bonds. The van der Waals surface area contributed by atoms with Crippen LogP contribution in [0, 0.1) is 0 Å². The molecule has 4 heteroatoms. The van der Waals surface area contributed by atoms with Gasteiger partial charge in [-0.15, -0.1) is 11.8 Å². The summed E-state index contributed by atoms with van der Waals surface area (Å²) in [7, 11) is 1.66. The Morgan fingerprint density at radius 2 is 2.07 bits per heavy atom. The lowest BCUT2D eigenvalue weighted by molar-refractivity contribution is -0.120. The Bertz CT molecular complexity index is 311. The van der Waals surface area contributed by atoms with Crippen molar-refractivity contribution < 1.29 is 4.79 Å². The van der Waals surface area contributed by atoms with E-state index >= 15 is 0 Å². The summed E-state index contributed by atoms with van der Waals surface area (Å²) in [5.74, 6) is 0.892. The predicted octanol–water partition coefficient (Wildman–Crippen LogP) is 1.37. The summed E-state index contributed by atoms with van der Waals surface area (Å²) in [6, 6.07) is 8.11. The number of nitrogens with one attached hydrogen (secondary N) is 1. The Labute approximate surface area is 94.4 Å². The van der Waals surface area contributed by atoms with Crippen LogP contribution in [0.4, 0.5) is 0 Å². The summed E-state index contributed by atoms with van der Waals surface area (Å²) < 4.78 is 0. The van der Waals surface area contributed by atoms with Crippen LogP contribution < -0.4 is 11.1 Å². The van der Waals surface area contributed by atoms with Crippen molar-refractivity contribution in [3.63, 3.8) is 0 Å². The van der Waals surface area contributed by atoms with Crippen LogP contribution in [0.2, 0.25) is 0 Å². The van der Waals surface area contributed by atoms with Crippen molar-refractivity contribution in [2.45, 2.75) is 17.9 Å². The molecule has 1 aromatic rings. The van der Waals surface area contributed by atoms with Gasteiger partial charge in [-0.3, -0.25) is 4.79 Å². The molecule has 0 aliphatic rings. The highest BCUT2D eigenvalue weighted by atomic mass is 32.2. The van der Waals surface area contributed by atoms with Crippen molar-refractivity contribution in [3.05, 3.63) is 29.8 Å². The highest BCUT2D eigenvalue weighted by Gasteiger charge is 1.99. The molecule has 82 valence electrons. The minimum absolute atomic E-state index is 0.0843. The third-order valence-electron chi connectivity index (χ3n) is 2.04. The number of rotatable bonds is 5. The first-order valence-electron chi connectivity index (χ1n) is 4.88. The van der Waals surface area contributed by atoms with Crippen LogP contribution in [0.15, 0.2) is 29.2 Å². The standard InChI is InChI=1S/C11H16N2OS/c1-13-11(14)6-7-15-10-4-2-9(8-12)3-5-10/h2-5H,6-8,12H2,1H3,(H,13,14). The third kappa shape index (κ3) is 4.36. The van der Waals surface area contributed by atoms with E-state index in [1.807, 2.05) is 24.3 Å². The molecule has 1 aromatic carbocycles. The van der Waals surface area contributed by atoms with Gasteiger partial charge in [0, 0.05) is 30.7 Å². The largest absolute Gasteiger partial charge is 0.359 e. The van der Waals surface area contributed by atoms with Crippen LogP contribution in [0.1, 0.15) is 12.0 Å². The average molecular weight is 224 g/mol. The predicted molar refractivity (Wildman–Crippen MR) is 63.7 cm³/mol. The summed E-state index contributed by atoms with van der Waals surface area (Å²) in [5, 5.41) is 2.60. The molecule has 3 N–H and O–H groups in total. The monoisotopic (exact) mass is 224 g/mol. The first-order valence-corrected chi connectivity index (χ1v) is 5.87. The maximum Gasteiger partial charge on any atom is 0.220 e. The molecular formula is C11H16N2OS. The first kappa shape index (κ1) is 12.1. The minimum atomic E-state index is 0.0843. The van der Waals surface area contributed by atoms with E-state index in [9.17, 15) is 4.79 Å². The molecular weight excluding hydrogens is 208 g/mol. The third-order valence-corrected chi connectivity index (χ3v) is 3.05. The molecule has 0 radical (unpaired) electrons. The maximum absolute atomic E-state index is 11.0. The molecule has 0 fully saturated rings. The second-order valence-electron chi connectivity index (χ2n) is 3.12. The average Bonchev–Trinajstić information content (AvgIpc) is 2.29. The van der Waals surface area contributed by atoms with Crippen LogP contribution in [0.25, 0.3) is 0 Å². The van der Waals surface area contributed by atoms with E-state index < -0.39 is 0 Å². The lowest BCUT2D eigenvalue weighted by Crippen LogP contribution is -2.17. The highest BCUT2D eigenvalue weighted by Crippen LogP contribution is 2.18. The van der Waals surface area contributed by atoms with Gasteiger partial charge in [0.05, 0.1) is 0 Å². The number of nitrogens with two attached hydrogens (primary N) is 1. The lowest BCUT2D eigenvalue weighted by Gasteiger charge is -2.02. The van der Waals surface area contributed by atoms with Crippen molar-refractivity contribution in [1.29, 1.82) is 0 Å². The zero-order chi connectivity index (χ0) is 11.1. The van der Waals surface area contributed by atoms with Gasteiger partial charge in [0.15, 0.2) is 0 Å². The zero-order valence-corrected chi connectivity index (χ0v) is 9.64. The van der Waals surface area contributed by atoms with E-state index in [0.29, 0.717) is 13.0 Å². The summed E-state index contributed by atoms with van der Waals surface area (Å²) >= 11 is 1.68. The van der Waals surface area contributed by atoms with Gasteiger partial charge in [0.2, 0.25) is 5.91 Å². The van der Waals surface area contributed by atoms with E-state index in [-0.39, 0.29) is 5.91 Å². The van der Waals surface area contributed by atoms with Crippen molar-refractivity contribution >= 4 is 17.7 Å². The van der Waals surface area contributed by atoms with Crippen molar-refractivity contribution in [2.75, 3.05) is 12.8 Å². The Balaban J connectivity index is 2.34. The van der Waals surface area contributed by atoms with Crippen molar-refractivity contribution in [1.82, 2.24) is 5.32 Å². The van der Waals surface area contributed by atoms with Crippen LogP contribution >= 0.6 is 11.8 Å². The SMILES string of the molecule is CNC(=O)CCSc1ccc(CN)cc1. The molecule has 0 saturated heterocycles. The molecule has 1 rings (SSSR count). The van der Waals surface area contributed by atoms with Gasteiger partial charge in [0.25, 0.3) is 0 Å².